The van der Waals surface area contributed by atoms with E-state index in [2.05, 4.69) is 5.10 Å². The minimum Gasteiger partial charge on any atom is -0.483 e. The van der Waals surface area contributed by atoms with Gasteiger partial charge in [-0.25, -0.2) is 4.79 Å². The van der Waals surface area contributed by atoms with Crippen molar-refractivity contribution in [2.75, 3.05) is 18.2 Å². The van der Waals surface area contributed by atoms with Crippen LogP contribution in [0, 0.1) is 0 Å². The van der Waals surface area contributed by atoms with Gasteiger partial charge >= 0.3 is 12.1 Å². The first-order valence-corrected chi connectivity index (χ1v) is 11.7. The number of carbonyl (C=O) groups excluding carboxylic acids is 2. The van der Waals surface area contributed by atoms with Gasteiger partial charge in [0.15, 0.2) is 24.7 Å². The van der Waals surface area contributed by atoms with Crippen molar-refractivity contribution in [3.8, 4) is 11.5 Å². The number of para-hydroxylation sites is 1. The molecule has 198 valence electrons. The van der Waals surface area contributed by atoms with E-state index in [1.807, 2.05) is 19.9 Å². The number of carbonyl (C=O) groups is 2. The number of hydrogen-bond donors (Lipinski definition) is 0. The molecule has 1 heterocycles. The van der Waals surface area contributed by atoms with Gasteiger partial charge in [-0.1, -0.05) is 48.5 Å². The van der Waals surface area contributed by atoms with Crippen molar-refractivity contribution in [3.63, 3.8) is 0 Å². The van der Waals surface area contributed by atoms with Crippen molar-refractivity contribution in [2.24, 2.45) is 5.10 Å². The lowest BCUT2D eigenvalue weighted by molar-refractivity contribution is -0.149. The van der Waals surface area contributed by atoms with E-state index in [0.29, 0.717) is 23.5 Å². The fraction of sp³-hybridized carbons (Fsp3) is 0.250. The van der Waals surface area contributed by atoms with E-state index < -0.39 is 42.4 Å². The molecule has 0 aliphatic carbocycles. The first-order chi connectivity index (χ1) is 18.0. The van der Waals surface area contributed by atoms with E-state index in [0.717, 1.165) is 28.8 Å². The highest BCUT2D eigenvalue weighted by Gasteiger charge is 2.33. The Bertz CT molecular complexity index is 1340. The number of benzene rings is 3. The summed E-state index contributed by atoms with van der Waals surface area (Å²) in [6, 6.07) is 18.2. The summed E-state index contributed by atoms with van der Waals surface area (Å²) in [7, 11) is 0. The third-order valence-electron chi connectivity index (χ3n) is 5.53. The second-order valence-corrected chi connectivity index (χ2v) is 9.14. The third-order valence-corrected chi connectivity index (χ3v) is 5.53. The van der Waals surface area contributed by atoms with Crippen LogP contribution in [0.5, 0.6) is 11.5 Å². The van der Waals surface area contributed by atoms with E-state index in [-0.39, 0.29) is 5.69 Å². The molecule has 38 heavy (non-hydrogen) atoms. The molecule has 3 aromatic carbocycles. The van der Waals surface area contributed by atoms with Crippen LogP contribution in [0.4, 0.5) is 18.9 Å². The Morgan fingerprint density at radius 2 is 1.76 bits per heavy atom. The minimum absolute atomic E-state index is 0.135. The molecule has 0 saturated heterocycles. The molecule has 0 atom stereocenters. The molecule has 3 aromatic rings. The zero-order chi connectivity index (χ0) is 27.3. The topological polar surface area (TPSA) is 77.4 Å². The predicted octanol–water partition coefficient (Wildman–Crippen LogP) is 5.41. The average Bonchev–Trinajstić information content (AvgIpc) is 3.21. The maximum atomic E-state index is 13.3. The summed E-state index contributed by atoms with van der Waals surface area (Å²) >= 11 is 0. The fourth-order valence-electron chi connectivity index (χ4n) is 3.84. The van der Waals surface area contributed by atoms with Crippen molar-refractivity contribution in [2.45, 2.75) is 32.0 Å². The summed E-state index contributed by atoms with van der Waals surface area (Å²) in [4.78, 5) is 25.2. The Morgan fingerprint density at radius 3 is 2.50 bits per heavy atom. The zero-order valence-electron chi connectivity index (χ0n) is 20.7. The Kier molecular flexibility index (Phi) is 7.70. The van der Waals surface area contributed by atoms with E-state index in [1.165, 1.54) is 12.3 Å². The van der Waals surface area contributed by atoms with Gasteiger partial charge in [-0.05, 0) is 43.7 Å². The summed E-state index contributed by atoms with van der Waals surface area (Å²) in [6.07, 6.45) is -2.61. The van der Waals surface area contributed by atoms with Crippen LogP contribution in [0.3, 0.4) is 0 Å². The highest BCUT2D eigenvalue weighted by Crippen LogP contribution is 2.41. The molecule has 4 rings (SSSR count). The first kappa shape index (κ1) is 26.7. The molecule has 0 fully saturated rings. The molecule has 7 nitrogen and oxygen atoms in total. The lowest BCUT2D eigenvalue weighted by Gasteiger charge is -2.19. The average molecular weight is 527 g/mol. The summed E-state index contributed by atoms with van der Waals surface area (Å²) in [6.45, 7) is 2.62. The number of amides is 1. The van der Waals surface area contributed by atoms with Gasteiger partial charge in [0.2, 0.25) is 0 Å². The van der Waals surface area contributed by atoms with Gasteiger partial charge in [0.05, 0.1) is 17.5 Å². The molecule has 1 amide bonds. The largest absolute Gasteiger partial charge is 0.483 e. The summed E-state index contributed by atoms with van der Waals surface area (Å²) < 4.78 is 56.3. The number of esters is 1. The number of rotatable bonds is 8. The van der Waals surface area contributed by atoms with Crippen LogP contribution in [0.1, 0.15) is 30.5 Å². The van der Waals surface area contributed by atoms with Crippen LogP contribution in [0.15, 0.2) is 77.9 Å². The summed E-state index contributed by atoms with van der Waals surface area (Å²) in [5.74, 6) is -0.776. The van der Waals surface area contributed by atoms with Gasteiger partial charge in [-0.15, -0.1) is 0 Å². The highest BCUT2D eigenvalue weighted by molar-refractivity contribution is 5.96. The van der Waals surface area contributed by atoms with E-state index in [1.54, 1.807) is 42.5 Å². The van der Waals surface area contributed by atoms with Gasteiger partial charge in [-0.3, -0.25) is 4.79 Å². The van der Waals surface area contributed by atoms with Crippen molar-refractivity contribution >= 4 is 23.8 Å². The van der Waals surface area contributed by atoms with Crippen molar-refractivity contribution in [3.05, 3.63) is 89.5 Å². The van der Waals surface area contributed by atoms with Crippen LogP contribution >= 0.6 is 0 Å². The number of hydrogen-bond acceptors (Lipinski definition) is 6. The number of nitrogens with zero attached hydrogens (tertiary/aromatic N) is 2. The van der Waals surface area contributed by atoms with Crippen molar-refractivity contribution in [1.82, 2.24) is 0 Å². The van der Waals surface area contributed by atoms with Crippen molar-refractivity contribution in [1.29, 1.82) is 0 Å². The predicted molar refractivity (Wildman–Crippen MR) is 134 cm³/mol. The number of halogens is 3. The van der Waals surface area contributed by atoms with Crippen LogP contribution in [-0.4, -0.2) is 36.9 Å². The molecule has 0 aromatic heterocycles. The first-order valence-electron chi connectivity index (χ1n) is 11.7. The standard InChI is InChI=1S/C28H25F3N2O5/c1-27(2)15-20-10-6-13-23(26(20)38-27)36-18-25(35)37-17-24(34)33(32-16-19-8-4-3-5-9-19)22-12-7-11-21(14-22)28(29,30)31/h3-14,16H,15,17-18H2,1-2H3. The molecule has 10 heteroatoms. The van der Waals surface area contributed by atoms with Crippen LogP contribution in [0.2, 0.25) is 0 Å². The van der Waals surface area contributed by atoms with Crippen LogP contribution in [0.25, 0.3) is 0 Å². The Balaban J connectivity index is 1.43. The summed E-state index contributed by atoms with van der Waals surface area (Å²) in [5.41, 5.74) is 0.0762. The van der Waals surface area contributed by atoms with Gasteiger partial charge in [0, 0.05) is 12.0 Å². The smallest absolute Gasteiger partial charge is 0.416 e. The number of alkyl halides is 3. The van der Waals surface area contributed by atoms with Crippen LogP contribution < -0.4 is 14.5 Å². The molecule has 0 bridgehead atoms. The Labute approximate surface area is 217 Å². The molecule has 0 spiro atoms. The number of fused-ring (bicyclic) bond motifs is 1. The van der Waals surface area contributed by atoms with Crippen LogP contribution in [-0.2, 0) is 26.9 Å². The monoisotopic (exact) mass is 526 g/mol. The van der Waals surface area contributed by atoms with Gasteiger partial charge in [0.1, 0.15) is 5.60 Å². The quantitative estimate of drug-likeness (QED) is 0.223. The molecular formula is C28H25F3N2O5. The number of ether oxygens (including phenoxy) is 3. The fourth-order valence-corrected chi connectivity index (χ4v) is 3.84. The van der Waals surface area contributed by atoms with Gasteiger partial charge in [0.25, 0.3) is 5.91 Å². The Hall–Kier alpha value is -4.34. The SMILES string of the molecule is CC1(C)Cc2cccc(OCC(=O)OCC(=O)N(N=Cc3ccccc3)c3cccc(C(F)(F)F)c3)c2O1. The normalized spacial score (nSPS) is 14.0. The molecule has 0 saturated carbocycles. The second-order valence-electron chi connectivity index (χ2n) is 9.14. The van der Waals surface area contributed by atoms with Gasteiger partial charge in [-0.2, -0.15) is 23.3 Å². The van der Waals surface area contributed by atoms with E-state index >= 15 is 0 Å². The lowest BCUT2D eigenvalue weighted by atomic mass is 10.0. The molecule has 1 aliphatic heterocycles. The Morgan fingerprint density at radius 1 is 1.03 bits per heavy atom. The minimum atomic E-state index is -4.62. The second kappa shape index (κ2) is 11.0. The number of hydrazone groups is 1. The third kappa shape index (κ3) is 6.70. The van der Waals surface area contributed by atoms with E-state index in [4.69, 9.17) is 14.2 Å². The molecular weight excluding hydrogens is 501 g/mol. The maximum absolute atomic E-state index is 13.3. The summed E-state index contributed by atoms with van der Waals surface area (Å²) in [5, 5.41) is 4.82. The van der Waals surface area contributed by atoms with E-state index in [9.17, 15) is 22.8 Å². The molecule has 0 unspecified atom stereocenters. The molecule has 1 aliphatic rings. The van der Waals surface area contributed by atoms with Crippen molar-refractivity contribution < 1.29 is 37.0 Å². The molecule has 0 N–H and O–H groups in total. The zero-order valence-corrected chi connectivity index (χ0v) is 20.7. The lowest BCUT2D eigenvalue weighted by Crippen LogP contribution is -2.31. The van der Waals surface area contributed by atoms with Gasteiger partial charge < -0.3 is 14.2 Å². The highest BCUT2D eigenvalue weighted by atomic mass is 19.4. The number of anilines is 1. The maximum Gasteiger partial charge on any atom is 0.416 e. The molecule has 0 radical (unpaired) electrons.